The molecule has 1 nitrogen and oxygen atoms in total. The standard InChI is InChI=1S/C18H22FN/c1-5-17(20-4)14-7-6-8-15(11-14)18-13(3)9-12(2)10-16(18)19/h6-11,17,20H,5H2,1-4H3. The van der Waals surface area contributed by atoms with E-state index in [4.69, 9.17) is 0 Å². The van der Waals surface area contributed by atoms with Crippen molar-refractivity contribution in [2.24, 2.45) is 0 Å². The van der Waals surface area contributed by atoms with Crippen molar-refractivity contribution in [3.8, 4) is 11.1 Å². The van der Waals surface area contributed by atoms with Gasteiger partial charge in [-0.3, -0.25) is 0 Å². The summed E-state index contributed by atoms with van der Waals surface area (Å²) in [5.74, 6) is -0.142. The third-order valence-corrected chi connectivity index (χ3v) is 3.77. The maximum atomic E-state index is 14.3. The summed E-state index contributed by atoms with van der Waals surface area (Å²) >= 11 is 0. The van der Waals surface area contributed by atoms with Gasteiger partial charge < -0.3 is 5.32 Å². The van der Waals surface area contributed by atoms with Crippen LogP contribution in [0.25, 0.3) is 11.1 Å². The van der Waals surface area contributed by atoms with Crippen molar-refractivity contribution in [1.29, 1.82) is 0 Å². The number of halogens is 1. The molecule has 0 radical (unpaired) electrons. The molecule has 0 amide bonds. The highest BCUT2D eigenvalue weighted by Gasteiger charge is 2.12. The molecule has 0 aromatic heterocycles. The highest BCUT2D eigenvalue weighted by molar-refractivity contribution is 5.69. The van der Waals surface area contributed by atoms with Crippen LogP contribution in [0.5, 0.6) is 0 Å². The maximum Gasteiger partial charge on any atom is 0.131 e. The molecule has 2 aromatic rings. The van der Waals surface area contributed by atoms with Gasteiger partial charge in [0.2, 0.25) is 0 Å². The minimum atomic E-state index is -0.142. The van der Waals surface area contributed by atoms with E-state index in [9.17, 15) is 4.39 Å². The topological polar surface area (TPSA) is 12.0 Å². The summed E-state index contributed by atoms with van der Waals surface area (Å²) < 4.78 is 14.3. The molecule has 2 aromatic carbocycles. The normalized spacial score (nSPS) is 12.4. The fraction of sp³-hybridized carbons (Fsp3) is 0.333. The Balaban J connectivity index is 2.51. The van der Waals surface area contributed by atoms with E-state index in [0.717, 1.165) is 23.1 Å². The van der Waals surface area contributed by atoms with Gasteiger partial charge in [0.25, 0.3) is 0 Å². The molecule has 0 saturated carbocycles. The van der Waals surface area contributed by atoms with Gasteiger partial charge in [-0.25, -0.2) is 4.39 Å². The molecule has 0 aliphatic carbocycles. The van der Waals surface area contributed by atoms with E-state index < -0.39 is 0 Å². The lowest BCUT2D eigenvalue weighted by molar-refractivity contribution is 0.577. The lowest BCUT2D eigenvalue weighted by atomic mass is 9.94. The first kappa shape index (κ1) is 14.7. The van der Waals surface area contributed by atoms with Crippen LogP contribution in [-0.2, 0) is 0 Å². The number of benzene rings is 2. The van der Waals surface area contributed by atoms with Gasteiger partial charge in [-0.2, -0.15) is 0 Å². The van der Waals surface area contributed by atoms with Crippen LogP contribution >= 0.6 is 0 Å². The number of rotatable bonds is 4. The van der Waals surface area contributed by atoms with E-state index in [-0.39, 0.29) is 5.82 Å². The van der Waals surface area contributed by atoms with Crippen LogP contribution in [0, 0.1) is 19.7 Å². The van der Waals surface area contributed by atoms with Crippen LogP contribution in [0.15, 0.2) is 36.4 Å². The summed E-state index contributed by atoms with van der Waals surface area (Å²) in [5, 5.41) is 3.29. The maximum absolute atomic E-state index is 14.3. The predicted molar refractivity (Wildman–Crippen MR) is 83.4 cm³/mol. The first-order valence-electron chi connectivity index (χ1n) is 7.11. The average Bonchev–Trinajstić information content (AvgIpc) is 2.39. The van der Waals surface area contributed by atoms with E-state index >= 15 is 0 Å². The Bertz CT molecular complexity index is 577. The second-order valence-electron chi connectivity index (χ2n) is 5.31. The number of hydrogen-bond donors (Lipinski definition) is 1. The summed E-state index contributed by atoms with van der Waals surface area (Å²) in [7, 11) is 1.96. The second-order valence-corrected chi connectivity index (χ2v) is 5.31. The van der Waals surface area contributed by atoms with Gasteiger partial charge in [-0.1, -0.05) is 31.2 Å². The summed E-state index contributed by atoms with van der Waals surface area (Å²) in [6.07, 6.45) is 1.01. The summed E-state index contributed by atoms with van der Waals surface area (Å²) in [6, 6.07) is 12.1. The van der Waals surface area contributed by atoms with Crippen LogP contribution in [0.3, 0.4) is 0 Å². The third-order valence-electron chi connectivity index (χ3n) is 3.77. The monoisotopic (exact) mass is 271 g/mol. The molecule has 0 bridgehead atoms. The zero-order valence-electron chi connectivity index (χ0n) is 12.6. The van der Waals surface area contributed by atoms with Gasteiger partial charge >= 0.3 is 0 Å². The largest absolute Gasteiger partial charge is 0.313 e. The SMILES string of the molecule is CCC(NC)c1cccc(-c2c(C)cc(C)cc2F)c1. The Labute approximate surface area is 120 Å². The second kappa shape index (κ2) is 6.19. The van der Waals surface area contributed by atoms with E-state index in [1.807, 2.05) is 39.1 Å². The highest BCUT2D eigenvalue weighted by atomic mass is 19.1. The van der Waals surface area contributed by atoms with Gasteiger partial charge in [-0.05, 0) is 61.7 Å². The molecule has 0 fully saturated rings. The number of hydrogen-bond acceptors (Lipinski definition) is 1. The van der Waals surface area contributed by atoms with Crippen LogP contribution in [0.4, 0.5) is 4.39 Å². The molecule has 1 N–H and O–H groups in total. The Morgan fingerprint density at radius 1 is 1.15 bits per heavy atom. The minimum Gasteiger partial charge on any atom is -0.313 e. The Kier molecular flexibility index (Phi) is 4.56. The Morgan fingerprint density at radius 2 is 1.90 bits per heavy atom. The van der Waals surface area contributed by atoms with Crippen molar-refractivity contribution in [2.75, 3.05) is 7.05 Å². The zero-order chi connectivity index (χ0) is 14.7. The molecule has 0 aliphatic heterocycles. The third kappa shape index (κ3) is 2.91. The van der Waals surface area contributed by atoms with Gasteiger partial charge in [0.15, 0.2) is 0 Å². The molecular formula is C18H22FN. The summed E-state index contributed by atoms with van der Waals surface area (Å²) in [4.78, 5) is 0. The first-order valence-corrected chi connectivity index (χ1v) is 7.11. The van der Waals surface area contributed by atoms with E-state index in [0.29, 0.717) is 11.6 Å². The van der Waals surface area contributed by atoms with Gasteiger partial charge in [0, 0.05) is 11.6 Å². The summed E-state index contributed by atoms with van der Waals surface area (Å²) in [5.41, 5.74) is 4.81. The molecule has 0 heterocycles. The van der Waals surface area contributed by atoms with Crippen LogP contribution in [0.1, 0.15) is 36.1 Å². The zero-order valence-corrected chi connectivity index (χ0v) is 12.6. The predicted octanol–water partition coefficient (Wildman–Crippen LogP) is 4.78. The van der Waals surface area contributed by atoms with Crippen molar-refractivity contribution in [3.63, 3.8) is 0 Å². The molecule has 0 saturated heterocycles. The number of nitrogens with one attached hydrogen (secondary N) is 1. The van der Waals surface area contributed by atoms with Crippen molar-refractivity contribution < 1.29 is 4.39 Å². The highest BCUT2D eigenvalue weighted by Crippen LogP contribution is 2.30. The van der Waals surface area contributed by atoms with E-state index in [1.54, 1.807) is 6.07 Å². The molecular weight excluding hydrogens is 249 g/mol. The van der Waals surface area contributed by atoms with Crippen LogP contribution in [-0.4, -0.2) is 7.05 Å². The fourth-order valence-electron chi connectivity index (χ4n) is 2.80. The molecule has 2 rings (SSSR count). The fourth-order valence-corrected chi connectivity index (χ4v) is 2.80. The molecule has 0 aliphatic rings. The quantitative estimate of drug-likeness (QED) is 0.843. The van der Waals surface area contributed by atoms with Gasteiger partial charge in [0.1, 0.15) is 5.82 Å². The molecule has 2 heteroatoms. The first-order chi connectivity index (χ1) is 9.56. The van der Waals surface area contributed by atoms with Crippen LogP contribution < -0.4 is 5.32 Å². The van der Waals surface area contributed by atoms with Crippen LogP contribution in [0.2, 0.25) is 0 Å². The smallest absolute Gasteiger partial charge is 0.131 e. The summed E-state index contributed by atoms with van der Waals surface area (Å²) in [6.45, 7) is 6.03. The lowest BCUT2D eigenvalue weighted by Crippen LogP contribution is -2.15. The van der Waals surface area contributed by atoms with Crippen molar-refractivity contribution in [1.82, 2.24) is 5.32 Å². The van der Waals surface area contributed by atoms with E-state index in [2.05, 4.69) is 24.4 Å². The molecule has 106 valence electrons. The Morgan fingerprint density at radius 3 is 2.50 bits per heavy atom. The lowest BCUT2D eigenvalue weighted by Gasteiger charge is -2.16. The van der Waals surface area contributed by atoms with Gasteiger partial charge in [-0.15, -0.1) is 0 Å². The van der Waals surface area contributed by atoms with Crippen molar-refractivity contribution in [2.45, 2.75) is 33.2 Å². The molecule has 20 heavy (non-hydrogen) atoms. The van der Waals surface area contributed by atoms with Gasteiger partial charge in [0.05, 0.1) is 0 Å². The van der Waals surface area contributed by atoms with E-state index in [1.165, 1.54) is 5.56 Å². The Hall–Kier alpha value is -1.67. The molecule has 0 spiro atoms. The molecule has 1 unspecified atom stereocenters. The molecule has 1 atom stereocenters. The average molecular weight is 271 g/mol. The number of aryl methyl sites for hydroxylation is 2. The minimum absolute atomic E-state index is 0.142. The van der Waals surface area contributed by atoms with Crippen molar-refractivity contribution >= 4 is 0 Å². The van der Waals surface area contributed by atoms with Crippen molar-refractivity contribution in [3.05, 3.63) is 58.9 Å².